The number of piperidine rings is 1. The molecule has 24 heavy (non-hydrogen) atoms. The van der Waals surface area contributed by atoms with Gasteiger partial charge in [-0.15, -0.1) is 6.58 Å². The molecule has 126 valence electrons. The smallest absolute Gasteiger partial charge is 0.174 e. The summed E-state index contributed by atoms with van der Waals surface area (Å²) in [6, 6.07) is 3.52. The Kier molecular flexibility index (Phi) is 2.66. The summed E-state index contributed by atoms with van der Waals surface area (Å²) in [5.74, 6) is 0.528. The van der Waals surface area contributed by atoms with E-state index in [0.717, 1.165) is 24.2 Å². The third kappa shape index (κ3) is 1.38. The largest absolute Gasteiger partial charge is 0.504 e. The van der Waals surface area contributed by atoms with E-state index in [2.05, 4.69) is 11.5 Å². The van der Waals surface area contributed by atoms with Crippen LogP contribution in [0.2, 0.25) is 0 Å². The summed E-state index contributed by atoms with van der Waals surface area (Å²) in [7, 11) is 0. The van der Waals surface area contributed by atoms with Crippen LogP contribution in [0.3, 0.4) is 0 Å². The number of ether oxygens (including phenoxy) is 1. The molecule has 2 fully saturated rings. The highest BCUT2D eigenvalue weighted by Gasteiger charge is 2.72. The molecule has 5 nitrogen and oxygen atoms in total. The van der Waals surface area contributed by atoms with Crippen molar-refractivity contribution in [2.45, 2.75) is 48.8 Å². The van der Waals surface area contributed by atoms with Crippen LogP contribution in [0, 0.1) is 0 Å². The van der Waals surface area contributed by atoms with E-state index in [1.807, 2.05) is 12.1 Å². The van der Waals surface area contributed by atoms with Crippen LogP contribution in [0.4, 0.5) is 0 Å². The second-order valence-electron chi connectivity index (χ2n) is 7.56. The molecule has 0 radical (unpaired) electrons. The highest BCUT2D eigenvalue weighted by molar-refractivity contribution is 5.90. The van der Waals surface area contributed by atoms with Crippen molar-refractivity contribution >= 4 is 5.78 Å². The predicted octanol–water partition coefficient (Wildman–Crippen LogP) is 1.30. The van der Waals surface area contributed by atoms with Crippen LogP contribution in [0.5, 0.6) is 11.5 Å². The maximum Gasteiger partial charge on any atom is 0.174 e. The lowest BCUT2D eigenvalue weighted by molar-refractivity contribution is -0.187. The zero-order valence-electron chi connectivity index (χ0n) is 13.5. The van der Waals surface area contributed by atoms with E-state index in [0.29, 0.717) is 31.4 Å². The third-order valence-electron chi connectivity index (χ3n) is 6.73. The molecule has 1 aromatic rings. The highest BCUT2D eigenvalue weighted by atomic mass is 16.5. The summed E-state index contributed by atoms with van der Waals surface area (Å²) in [5.41, 5.74) is 0.256. The minimum atomic E-state index is -1.00. The molecule has 1 saturated heterocycles. The average molecular weight is 327 g/mol. The number of carbonyl (C=O) groups is 1. The molecule has 4 aliphatic rings. The lowest BCUT2D eigenvalue weighted by Crippen LogP contribution is -2.76. The number of ketones is 1. The highest BCUT2D eigenvalue weighted by Crippen LogP contribution is 2.64. The number of carbonyl (C=O) groups excluding carboxylic acids is 1. The van der Waals surface area contributed by atoms with Crippen molar-refractivity contribution in [3.8, 4) is 11.5 Å². The minimum Gasteiger partial charge on any atom is -0.504 e. The van der Waals surface area contributed by atoms with E-state index < -0.39 is 17.1 Å². The zero-order valence-corrected chi connectivity index (χ0v) is 13.5. The Balaban J connectivity index is 1.80. The summed E-state index contributed by atoms with van der Waals surface area (Å²) in [6.45, 7) is 5.36. The van der Waals surface area contributed by atoms with Crippen molar-refractivity contribution in [2.75, 3.05) is 13.1 Å². The fourth-order valence-electron chi connectivity index (χ4n) is 5.80. The van der Waals surface area contributed by atoms with Crippen molar-refractivity contribution in [2.24, 2.45) is 0 Å². The molecule has 0 aromatic heterocycles. The van der Waals surface area contributed by atoms with Crippen molar-refractivity contribution in [1.29, 1.82) is 0 Å². The quantitative estimate of drug-likeness (QED) is 0.802. The van der Waals surface area contributed by atoms with Gasteiger partial charge in [0.1, 0.15) is 0 Å². The third-order valence-corrected chi connectivity index (χ3v) is 6.73. The van der Waals surface area contributed by atoms with Crippen molar-refractivity contribution < 1.29 is 19.7 Å². The van der Waals surface area contributed by atoms with Gasteiger partial charge >= 0.3 is 0 Å². The maximum absolute atomic E-state index is 12.6. The first kappa shape index (κ1) is 14.5. The lowest BCUT2D eigenvalue weighted by atomic mass is 9.49. The Hall–Kier alpha value is -1.85. The molecular formula is C19H21NO4. The molecular weight excluding hydrogens is 306 g/mol. The number of hydrogen-bond acceptors (Lipinski definition) is 5. The van der Waals surface area contributed by atoms with Crippen LogP contribution in [-0.2, 0) is 16.6 Å². The molecule has 2 heterocycles. The zero-order chi connectivity index (χ0) is 16.7. The Morgan fingerprint density at radius 2 is 2.25 bits per heavy atom. The van der Waals surface area contributed by atoms with E-state index in [-0.39, 0.29) is 17.6 Å². The minimum absolute atomic E-state index is 0.0408. The Morgan fingerprint density at radius 3 is 3.04 bits per heavy atom. The molecule has 2 N–H and O–H groups in total. The summed E-state index contributed by atoms with van der Waals surface area (Å²) in [4.78, 5) is 14.9. The van der Waals surface area contributed by atoms with Crippen molar-refractivity contribution in [1.82, 2.24) is 4.90 Å². The molecule has 1 aromatic carbocycles. The van der Waals surface area contributed by atoms with Crippen LogP contribution in [-0.4, -0.2) is 51.7 Å². The molecule has 0 unspecified atom stereocenters. The van der Waals surface area contributed by atoms with E-state index in [9.17, 15) is 15.0 Å². The van der Waals surface area contributed by atoms with E-state index in [1.165, 1.54) is 0 Å². The standard InChI is InChI=1S/C19H21NO4/c1-2-8-20-9-7-18-15-11-3-4-12(21)16(15)24-17(18)13(22)5-6-19(18,23)14(20)10-11/h2-4,14,17,21,23H,1,5-10H2/t14-,17-,18+,19+/m0/s1. The molecule has 5 heteroatoms. The van der Waals surface area contributed by atoms with Gasteiger partial charge in [-0.2, -0.15) is 0 Å². The molecule has 5 rings (SSSR count). The number of likely N-dealkylation sites (tertiary alicyclic amines) is 1. The molecule has 1 saturated carbocycles. The summed E-state index contributed by atoms with van der Waals surface area (Å²) in [5, 5.41) is 22.1. The van der Waals surface area contributed by atoms with E-state index in [4.69, 9.17) is 4.74 Å². The number of phenols is 1. The number of benzene rings is 1. The van der Waals surface area contributed by atoms with Gasteiger partial charge in [-0.05, 0) is 30.9 Å². The predicted molar refractivity (Wildman–Crippen MR) is 87.3 cm³/mol. The molecule has 0 amide bonds. The molecule has 2 aliphatic carbocycles. The van der Waals surface area contributed by atoms with Gasteiger partial charge in [-0.3, -0.25) is 9.69 Å². The van der Waals surface area contributed by atoms with Gasteiger partial charge in [0.2, 0.25) is 0 Å². The van der Waals surface area contributed by atoms with Gasteiger partial charge in [-0.25, -0.2) is 0 Å². The van der Waals surface area contributed by atoms with Gasteiger partial charge in [-0.1, -0.05) is 12.1 Å². The Morgan fingerprint density at radius 1 is 1.42 bits per heavy atom. The van der Waals surface area contributed by atoms with Crippen molar-refractivity contribution in [3.05, 3.63) is 35.9 Å². The first-order valence-electron chi connectivity index (χ1n) is 8.65. The number of phenolic OH excluding ortho intramolecular Hbond substituents is 1. The number of aromatic hydroxyl groups is 1. The van der Waals surface area contributed by atoms with Crippen LogP contribution >= 0.6 is 0 Å². The number of Topliss-reactive ketones (excluding diaryl/α,β-unsaturated/α-hetero) is 1. The first-order valence-corrected chi connectivity index (χ1v) is 8.65. The lowest BCUT2D eigenvalue weighted by Gasteiger charge is -2.62. The number of nitrogens with zero attached hydrogens (tertiary/aromatic N) is 1. The normalized spacial score (nSPS) is 39.3. The molecule has 1 spiro atoms. The average Bonchev–Trinajstić information content (AvgIpc) is 2.91. The summed E-state index contributed by atoms with van der Waals surface area (Å²) >= 11 is 0. The second kappa shape index (κ2) is 4.41. The number of aliphatic hydroxyl groups is 1. The fraction of sp³-hybridized carbons (Fsp3) is 0.526. The van der Waals surface area contributed by atoms with Crippen LogP contribution in [0.1, 0.15) is 30.4 Å². The van der Waals surface area contributed by atoms with Gasteiger partial charge < -0.3 is 14.9 Å². The van der Waals surface area contributed by atoms with Gasteiger partial charge in [0.15, 0.2) is 23.4 Å². The maximum atomic E-state index is 12.6. The molecule has 2 bridgehead atoms. The van der Waals surface area contributed by atoms with E-state index >= 15 is 0 Å². The number of rotatable bonds is 2. The SMILES string of the molecule is C=CCN1CC[C@@]23c4c5ccc(O)c4O[C@H]2C(=O)CC[C@@]3(O)[C@@H]1C5. The van der Waals surface area contributed by atoms with Gasteiger partial charge in [0, 0.05) is 31.1 Å². The van der Waals surface area contributed by atoms with E-state index in [1.54, 1.807) is 6.07 Å². The molecule has 4 atom stereocenters. The Labute approximate surface area is 140 Å². The van der Waals surface area contributed by atoms with Crippen LogP contribution < -0.4 is 4.74 Å². The molecule has 2 aliphatic heterocycles. The van der Waals surface area contributed by atoms with Crippen LogP contribution in [0.15, 0.2) is 24.8 Å². The second-order valence-corrected chi connectivity index (χ2v) is 7.56. The summed E-state index contributed by atoms with van der Waals surface area (Å²) in [6.07, 6.45) is 3.35. The number of hydrogen-bond donors (Lipinski definition) is 2. The van der Waals surface area contributed by atoms with Gasteiger partial charge in [0.25, 0.3) is 0 Å². The summed E-state index contributed by atoms with van der Waals surface area (Å²) < 4.78 is 5.98. The van der Waals surface area contributed by atoms with Gasteiger partial charge in [0.05, 0.1) is 11.0 Å². The fourth-order valence-corrected chi connectivity index (χ4v) is 5.80. The van der Waals surface area contributed by atoms with Crippen molar-refractivity contribution in [3.63, 3.8) is 0 Å². The van der Waals surface area contributed by atoms with Crippen LogP contribution in [0.25, 0.3) is 0 Å². The Bertz CT molecular complexity index is 775. The topological polar surface area (TPSA) is 70.0 Å². The monoisotopic (exact) mass is 327 g/mol. The first-order chi connectivity index (χ1) is 11.5.